The highest BCUT2D eigenvalue weighted by Gasteiger charge is 2.51. The second kappa shape index (κ2) is 11.3. The number of hydrogen-bond acceptors (Lipinski definition) is 7. The molecular weight excluding hydrogens is 550 g/mol. The largest absolute Gasteiger partial charge is 0.457 e. The zero-order valence-corrected chi connectivity index (χ0v) is 22.6. The fourth-order valence-electron chi connectivity index (χ4n) is 4.97. The van der Waals surface area contributed by atoms with Gasteiger partial charge in [-0.05, 0) is 68.3 Å². The first kappa shape index (κ1) is 27.7. The molecule has 3 aromatic rings. The molecule has 0 spiro atoms. The van der Waals surface area contributed by atoms with Crippen molar-refractivity contribution in [3.05, 3.63) is 111 Å². The summed E-state index contributed by atoms with van der Waals surface area (Å²) in [5, 5.41) is 12.7. The number of nitrogens with zero attached hydrogens (tertiary/aromatic N) is 3. The van der Waals surface area contributed by atoms with Gasteiger partial charge < -0.3 is 4.74 Å². The highest BCUT2D eigenvalue weighted by Crippen LogP contribution is 2.39. The Morgan fingerprint density at radius 3 is 2.22 bits per heavy atom. The van der Waals surface area contributed by atoms with Crippen molar-refractivity contribution in [1.29, 1.82) is 0 Å². The third-order valence-corrected chi connectivity index (χ3v) is 7.46. The van der Waals surface area contributed by atoms with Crippen molar-refractivity contribution < 1.29 is 28.8 Å². The summed E-state index contributed by atoms with van der Waals surface area (Å²) in [6.07, 6.45) is 2.71. The summed E-state index contributed by atoms with van der Waals surface area (Å²) < 4.78 is 5.69. The number of ketones is 1. The lowest BCUT2D eigenvalue weighted by molar-refractivity contribution is -0.384. The van der Waals surface area contributed by atoms with Crippen molar-refractivity contribution >= 4 is 40.8 Å². The first-order valence-electron chi connectivity index (χ1n) is 12.8. The van der Waals surface area contributed by atoms with Gasteiger partial charge in [-0.15, -0.1) is 0 Å². The van der Waals surface area contributed by atoms with E-state index in [0.717, 1.165) is 15.6 Å². The molecule has 1 heterocycles. The highest BCUT2D eigenvalue weighted by molar-refractivity contribution is 6.34. The second-order valence-electron chi connectivity index (χ2n) is 9.83. The van der Waals surface area contributed by atoms with Crippen LogP contribution in [0.1, 0.15) is 40.5 Å². The van der Waals surface area contributed by atoms with Crippen LogP contribution >= 0.6 is 11.6 Å². The predicted molar refractivity (Wildman–Crippen MR) is 148 cm³/mol. The maximum Gasteiger partial charge on any atom is 0.274 e. The number of carbonyl (C=O) groups excluding carboxylic acids is 4. The number of ether oxygens (including phenoxy) is 1. The van der Waals surface area contributed by atoms with E-state index >= 15 is 0 Å². The summed E-state index contributed by atoms with van der Waals surface area (Å²) in [5.74, 6) is -2.76. The first-order chi connectivity index (χ1) is 19.6. The number of rotatable bonds is 8. The number of halogens is 1. The molecule has 1 fully saturated rings. The van der Waals surface area contributed by atoms with Gasteiger partial charge in [-0.2, -0.15) is 5.01 Å². The Hall–Kier alpha value is -4.83. The van der Waals surface area contributed by atoms with Crippen molar-refractivity contribution in [2.75, 3.05) is 6.54 Å². The van der Waals surface area contributed by atoms with Crippen LogP contribution in [0.3, 0.4) is 0 Å². The van der Waals surface area contributed by atoms with E-state index in [4.69, 9.17) is 16.3 Å². The lowest BCUT2D eigenvalue weighted by Crippen LogP contribution is -2.52. The van der Waals surface area contributed by atoms with Crippen LogP contribution in [-0.4, -0.2) is 45.0 Å². The maximum absolute atomic E-state index is 13.7. The quantitative estimate of drug-likeness (QED) is 0.112. The molecule has 3 aromatic carbocycles. The minimum absolute atomic E-state index is 0.0542. The van der Waals surface area contributed by atoms with Gasteiger partial charge in [0.1, 0.15) is 18.0 Å². The molecule has 1 saturated heterocycles. The number of Topliss-reactive ketones (excluding diaryl/α,β-unsaturated/α-hetero) is 1. The monoisotopic (exact) mass is 573 g/mol. The van der Waals surface area contributed by atoms with Crippen molar-refractivity contribution in [3.63, 3.8) is 0 Å². The van der Waals surface area contributed by atoms with Gasteiger partial charge in [0.25, 0.3) is 23.4 Å². The number of benzene rings is 3. The van der Waals surface area contributed by atoms with Crippen LogP contribution in [0.15, 0.2) is 84.4 Å². The van der Waals surface area contributed by atoms with Crippen LogP contribution in [-0.2, 0) is 9.59 Å². The van der Waals surface area contributed by atoms with Gasteiger partial charge in [0.2, 0.25) is 0 Å². The van der Waals surface area contributed by atoms with Crippen LogP contribution in [0.5, 0.6) is 11.5 Å². The van der Waals surface area contributed by atoms with E-state index in [0.29, 0.717) is 24.3 Å². The van der Waals surface area contributed by atoms with Crippen LogP contribution in [0, 0.1) is 22.0 Å². The SMILES string of the molecule is CC1=CC[C@@H]2C(=O)N(N(CC(=O)c3ccc(Oc4ccc([N+](=O)[O-])cc4)cc3)C(=O)c3ccccc3Cl)C(=O)[C@H]2C1. The molecule has 0 unspecified atom stereocenters. The van der Waals surface area contributed by atoms with E-state index in [1.807, 2.05) is 13.0 Å². The molecule has 2 aliphatic rings. The normalized spacial score (nSPS) is 18.0. The van der Waals surface area contributed by atoms with Crippen LogP contribution in [0.4, 0.5) is 5.69 Å². The fourth-order valence-corrected chi connectivity index (χ4v) is 5.19. The first-order valence-corrected chi connectivity index (χ1v) is 13.2. The number of hydrazine groups is 1. The number of allylic oxidation sites excluding steroid dienone is 2. The van der Waals surface area contributed by atoms with Crippen molar-refractivity contribution in [3.8, 4) is 11.5 Å². The van der Waals surface area contributed by atoms with Gasteiger partial charge in [-0.1, -0.05) is 35.4 Å². The lowest BCUT2D eigenvalue weighted by Gasteiger charge is -2.30. The van der Waals surface area contributed by atoms with E-state index in [9.17, 15) is 29.3 Å². The van der Waals surface area contributed by atoms with Crippen molar-refractivity contribution in [2.45, 2.75) is 19.8 Å². The molecule has 0 N–H and O–H groups in total. The van der Waals surface area contributed by atoms with Gasteiger partial charge in [0.15, 0.2) is 5.78 Å². The summed E-state index contributed by atoms with van der Waals surface area (Å²) in [5.41, 5.74) is 1.19. The van der Waals surface area contributed by atoms with E-state index in [1.54, 1.807) is 12.1 Å². The van der Waals surface area contributed by atoms with E-state index in [2.05, 4.69) is 0 Å². The number of amides is 3. The summed E-state index contributed by atoms with van der Waals surface area (Å²) >= 11 is 6.27. The molecular formula is C30H24ClN3O7. The Kier molecular flexibility index (Phi) is 7.67. The van der Waals surface area contributed by atoms with Gasteiger partial charge >= 0.3 is 0 Å². The standard InChI is InChI=1S/C30H24ClN3O7/c1-18-6-15-23-25(16-18)30(38)33(29(23)37)32(28(36)24-4-2-3-5-26(24)31)17-27(35)19-7-11-21(12-8-19)41-22-13-9-20(10-14-22)34(39)40/h2-14,23,25H,15-17H2,1H3/t23-,25-/m0/s1. The van der Waals surface area contributed by atoms with Crippen LogP contribution < -0.4 is 4.74 Å². The average molecular weight is 574 g/mol. The number of nitro groups is 1. The number of non-ortho nitro benzene ring substituents is 1. The van der Waals surface area contributed by atoms with E-state index in [1.165, 1.54) is 60.7 Å². The predicted octanol–water partition coefficient (Wildman–Crippen LogP) is 5.62. The molecule has 0 saturated carbocycles. The van der Waals surface area contributed by atoms with E-state index < -0.39 is 46.8 Å². The maximum atomic E-state index is 13.7. The number of carbonyl (C=O) groups is 4. The molecule has 0 radical (unpaired) electrons. The topological polar surface area (TPSA) is 127 Å². The minimum atomic E-state index is -0.743. The average Bonchev–Trinajstić information content (AvgIpc) is 3.20. The number of imide groups is 1. The third-order valence-electron chi connectivity index (χ3n) is 7.13. The van der Waals surface area contributed by atoms with E-state index in [-0.39, 0.29) is 21.8 Å². The summed E-state index contributed by atoms with van der Waals surface area (Å²) in [6.45, 7) is 1.32. The van der Waals surface area contributed by atoms with Crippen molar-refractivity contribution in [1.82, 2.24) is 10.0 Å². The van der Waals surface area contributed by atoms with Crippen LogP contribution in [0.25, 0.3) is 0 Å². The number of fused-ring (bicyclic) bond motifs is 1. The highest BCUT2D eigenvalue weighted by atomic mass is 35.5. The molecule has 1 aliphatic heterocycles. The minimum Gasteiger partial charge on any atom is -0.457 e. The van der Waals surface area contributed by atoms with Gasteiger partial charge in [-0.25, -0.2) is 5.01 Å². The second-order valence-corrected chi connectivity index (χ2v) is 10.2. The summed E-state index contributed by atoms with van der Waals surface area (Å²) in [4.78, 5) is 64.2. The molecule has 1 aliphatic carbocycles. The molecule has 5 rings (SSSR count). The number of hydrogen-bond donors (Lipinski definition) is 0. The smallest absolute Gasteiger partial charge is 0.274 e. The van der Waals surface area contributed by atoms with Gasteiger partial charge in [-0.3, -0.25) is 29.3 Å². The molecule has 0 aromatic heterocycles. The summed E-state index contributed by atoms with van der Waals surface area (Å²) in [6, 6.07) is 17.8. The van der Waals surface area contributed by atoms with Crippen molar-refractivity contribution in [2.24, 2.45) is 11.8 Å². The fraction of sp³-hybridized carbons (Fsp3) is 0.200. The molecule has 3 amide bonds. The molecule has 11 heteroatoms. The third kappa shape index (κ3) is 5.59. The zero-order valence-electron chi connectivity index (χ0n) is 21.9. The molecule has 10 nitrogen and oxygen atoms in total. The Morgan fingerprint density at radius 1 is 0.976 bits per heavy atom. The Bertz CT molecular complexity index is 1580. The Labute approximate surface area is 239 Å². The summed E-state index contributed by atoms with van der Waals surface area (Å²) in [7, 11) is 0. The Morgan fingerprint density at radius 2 is 1.59 bits per heavy atom. The molecule has 2 atom stereocenters. The van der Waals surface area contributed by atoms with Gasteiger partial charge in [0.05, 0.1) is 27.3 Å². The molecule has 41 heavy (non-hydrogen) atoms. The number of nitro benzene ring substituents is 1. The lowest BCUT2D eigenvalue weighted by atomic mass is 9.82. The molecule has 0 bridgehead atoms. The molecule has 208 valence electrons. The zero-order chi connectivity index (χ0) is 29.3. The van der Waals surface area contributed by atoms with Gasteiger partial charge in [0, 0.05) is 17.7 Å². The Balaban J connectivity index is 1.38. The van der Waals surface area contributed by atoms with Crippen LogP contribution in [0.2, 0.25) is 5.02 Å².